The Morgan fingerprint density at radius 1 is 1.24 bits per heavy atom. The number of hydrogen-bond donors (Lipinski definition) is 0. The highest BCUT2D eigenvalue weighted by Gasteiger charge is 2.26. The molecule has 0 bridgehead atoms. The highest BCUT2D eigenvalue weighted by molar-refractivity contribution is 7.88. The zero-order valence-corrected chi connectivity index (χ0v) is 15.3. The Labute approximate surface area is 149 Å². The Hall–Kier alpha value is -1.86. The smallest absolute Gasteiger partial charge is 0.246 e. The molecule has 1 amide bonds. The summed E-state index contributed by atoms with van der Waals surface area (Å²) >= 11 is 0. The molecule has 0 saturated carbocycles. The van der Waals surface area contributed by atoms with E-state index in [1.165, 1.54) is 22.2 Å². The van der Waals surface area contributed by atoms with Crippen molar-refractivity contribution in [3.8, 4) is 5.75 Å². The predicted octanol–water partition coefficient (Wildman–Crippen LogP) is 1.56. The van der Waals surface area contributed by atoms with Gasteiger partial charge in [0.15, 0.2) is 0 Å². The van der Waals surface area contributed by atoms with Crippen molar-refractivity contribution in [3.63, 3.8) is 0 Å². The number of hydrogen-bond acceptors (Lipinski definition) is 4. The Morgan fingerprint density at radius 2 is 1.96 bits per heavy atom. The van der Waals surface area contributed by atoms with E-state index in [0.29, 0.717) is 39.0 Å². The highest BCUT2D eigenvalue weighted by atomic mass is 32.2. The zero-order valence-electron chi connectivity index (χ0n) is 14.5. The monoisotopic (exact) mass is 364 g/mol. The van der Waals surface area contributed by atoms with Gasteiger partial charge in [-0.1, -0.05) is 12.6 Å². The SMILES string of the molecule is C=CC(=O)N1CCc2ccc(OC3CCN(S(C)(=O)=O)CC3)cc2C1. The second-order valence-electron chi connectivity index (χ2n) is 6.62. The lowest BCUT2D eigenvalue weighted by Crippen LogP contribution is -2.41. The molecule has 3 rings (SSSR count). The molecule has 2 heterocycles. The van der Waals surface area contributed by atoms with Gasteiger partial charge in [0.1, 0.15) is 11.9 Å². The molecule has 1 aromatic rings. The van der Waals surface area contributed by atoms with E-state index in [1.54, 1.807) is 4.90 Å². The number of benzene rings is 1. The van der Waals surface area contributed by atoms with Crippen LogP contribution in [0.25, 0.3) is 0 Å². The van der Waals surface area contributed by atoms with Gasteiger partial charge in [-0.25, -0.2) is 12.7 Å². The third-order valence-electron chi connectivity index (χ3n) is 4.85. The van der Waals surface area contributed by atoms with Gasteiger partial charge >= 0.3 is 0 Å². The molecule has 0 spiro atoms. The van der Waals surface area contributed by atoms with Gasteiger partial charge in [-0.3, -0.25) is 4.79 Å². The number of nitrogens with zero attached hydrogens (tertiary/aromatic N) is 2. The number of amides is 1. The van der Waals surface area contributed by atoms with Crippen molar-refractivity contribution in [1.82, 2.24) is 9.21 Å². The van der Waals surface area contributed by atoms with Crippen LogP contribution >= 0.6 is 0 Å². The molecule has 2 aliphatic heterocycles. The van der Waals surface area contributed by atoms with Crippen LogP contribution in [0.3, 0.4) is 0 Å². The quantitative estimate of drug-likeness (QED) is 0.761. The lowest BCUT2D eigenvalue weighted by atomic mass is 9.99. The second-order valence-corrected chi connectivity index (χ2v) is 8.61. The first-order chi connectivity index (χ1) is 11.9. The first kappa shape index (κ1) is 17.9. The summed E-state index contributed by atoms with van der Waals surface area (Å²) in [4.78, 5) is 13.6. The van der Waals surface area contributed by atoms with Gasteiger partial charge < -0.3 is 9.64 Å². The fourth-order valence-corrected chi connectivity index (χ4v) is 4.27. The maximum Gasteiger partial charge on any atom is 0.246 e. The van der Waals surface area contributed by atoms with E-state index < -0.39 is 10.0 Å². The van der Waals surface area contributed by atoms with Crippen LogP contribution in [0.15, 0.2) is 30.9 Å². The van der Waals surface area contributed by atoms with Gasteiger partial charge in [-0.15, -0.1) is 0 Å². The third-order valence-corrected chi connectivity index (χ3v) is 6.15. The van der Waals surface area contributed by atoms with E-state index in [4.69, 9.17) is 4.74 Å². The van der Waals surface area contributed by atoms with Gasteiger partial charge in [0.05, 0.1) is 6.26 Å². The molecular weight excluding hydrogens is 340 g/mol. The summed E-state index contributed by atoms with van der Waals surface area (Å²) in [5.74, 6) is 0.731. The van der Waals surface area contributed by atoms with Crippen molar-refractivity contribution in [1.29, 1.82) is 0 Å². The van der Waals surface area contributed by atoms with Gasteiger partial charge in [0.25, 0.3) is 0 Å². The molecule has 6 nitrogen and oxygen atoms in total. The summed E-state index contributed by atoms with van der Waals surface area (Å²) < 4.78 is 30.7. The van der Waals surface area contributed by atoms with Crippen molar-refractivity contribution in [2.24, 2.45) is 0 Å². The molecule has 2 aliphatic rings. The molecule has 1 aromatic carbocycles. The van der Waals surface area contributed by atoms with Crippen LogP contribution in [0.4, 0.5) is 0 Å². The molecule has 25 heavy (non-hydrogen) atoms. The largest absolute Gasteiger partial charge is 0.490 e. The minimum absolute atomic E-state index is 0.0190. The Kier molecular flexibility index (Phi) is 5.15. The maximum absolute atomic E-state index is 11.8. The van der Waals surface area contributed by atoms with Crippen LogP contribution in [-0.4, -0.2) is 55.5 Å². The minimum Gasteiger partial charge on any atom is -0.490 e. The van der Waals surface area contributed by atoms with Crippen molar-refractivity contribution in [2.45, 2.75) is 31.9 Å². The van der Waals surface area contributed by atoms with E-state index in [-0.39, 0.29) is 12.0 Å². The summed E-state index contributed by atoms with van der Waals surface area (Å²) in [5.41, 5.74) is 2.35. The lowest BCUT2D eigenvalue weighted by Gasteiger charge is -2.31. The summed E-state index contributed by atoms with van der Waals surface area (Å²) in [6.45, 7) is 5.82. The molecule has 0 radical (unpaired) electrons. The van der Waals surface area contributed by atoms with Crippen molar-refractivity contribution >= 4 is 15.9 Å². The molecule has 1 fully saturated rings. The molecule has 136 valence electrons. The predicted molar refractivity (Wildman–Crippen MR) is 95.8 cm³/mol. The van der Waals surface area contributed by atoms with Crippen LogP contribution < -0.4 is 4.74 Å². The van der Waals surface area contributed by atoms with E-state index in [9.17, 15) is 13.2 Å². The van der Waals surface area contributed by atoms with Crippen LogP contribution in [-0.2, 0) is 27.8 Å². The van der Waals surface area contributed by atoms with Crippen LogP contribution in [0, 0.1) is 0 Å². The number of ether oxygens (including phenoxy) is 1. The van der Waals surface area contributed by atoms with E-state index >= 15 is 0 Å². The molecule has 0 unspecified atom stereocenters. The van der Waals surface area contributed by atoms with Crippen molar-refractivity contribution in [2.75, 3.05) is 25.9 Å². The zero-order chi connectivity index (χ0) is 18.0. The fraction of sp³-hybridized carbons (Fsp3) is 0.500. The molecule has 0 N–H and O–H groups in total. The summed E-state index contributed by atoms with van der Waals surface area (Å²) in [7, 11) is -3.12. The number of carbonyl (C=O) groups excluding carboxylic acids is 1. The molecule has 0 aliphatic carbocycles. The van der Waals surface area contributed by atoms with E-state index in [0.717, 1.165) is 17.7 Å². The Bertz CT molecular complexity index is 767. The van der Waals surface area contributed by atoms with Crippen molar-refractivity contribution < 1.29 is 17.9 Å². The first-order valence-electron chi connectivity index (χ1n) is 8.52. The number of sulfonamides is 1. The third kappa shape index (κ3) is 4.22. The van der Waals surface area contributed by atoms with Gasteiger partial charge in [0, 0.05) is 26.2 Å². The number of carbonyl (C=O) groups is 1. The Balaban J connectivity index is 1.63. The molecule has 0 atom stereocenters. The van der Waals surface area contributed by atoms with E-state index in [1.807, 2.05) is 12.1 Å². The molecule has 7 heteroatoms. The van der Waals surface area contributed by atoms with Crippen molar-refractivity contribution in [3.05, 3.63) is 42.0 Å². The number of piperidine rings is 1. The molecule has 0 aromatic heterocycles. The minimum atomic E-state index is -3.12. The Morgan fingerprint density at radius 3 is 2.60 bits per heavy atom. The first-order valence-corrected chi connectivity index (χ1v) is 10.4. The van der Waals surface area contributed by atoms with E-state index in [2.05, 4.69) is 12.6 Å². The summed E-state index contributed by atoms with van der Waals surface area (Å²) in [5, 5.41) is 0. The standard InChI is InChI=1S/C18H24N2O4S/c1-3-18(21)19-9-6-14-4-5-17(12-15(14)13-19)24-16-7-10-20(11-8-16)25(2,22)23/h3-5,12,16H,1,6-11,13H2,2H3. The van der Waals surface area contributed by atoms with Gasteiger partial charge in [-0.05, 0) is 48.6 Å². The van der Waals surface area contributed by atoms with Gasteiger partial charge in [0.2, 0.25) is 15.9 Å². The highest BCUT2D eigenvalue weighted by Crippen LogP contribution is 2.26. The normalized spacial score (nSPS) is 19.3. The average Bonchev–Trinajstić information content (AvgIpc) is 2.60. The average molecular weight is 364 g/mol. The lowest BCUT2D eigenvalue weighted by molar-refractivity contribution is -0.126. The number of rotatable bonds is 4. The van der Waals surface area contributed by atoms with Crippen LogP contribution in [0.5, 0.6) is 5.75 Å². The van der Waals surface area contributed by atoms with Crippen LogP contribution in [0.1, 0.15) is 24.0 Å². The van der Waals surface area contributed by atoms with Gasteiger partial charge in [-0.2, -0.15) is 0 Å². The summed E-state index contributed by atoms with van der Waals surface area (Å²) in [6, 6.07) is 6.03. The fourth-order valence-electron chi connectivity index (χ4n) is 3.40. The summed E-state index contributed by atoms with van der Waals surface area (Å²) in [6.07, 6.45) is 4.82. The second kappa shape index (κ2) is 7.17. The molecule has 1 saturated heterocycles. The molecular formula is C18H24N2O4S. The van der Waals surface area contributed by atoms with Crippen LogP contribution in [0.2, 0.25) is 0 Å². The maximum atomic E-state index is 11.8. The number of fused-ring (bicyclic) bond motifs is 1. The topological polar surface area (TPSA) is 66.9 Å².